The van der Waals surface area contributed by atoms with Gasteiger partial charge in [0.1, 0.15) is 29.2 Å². The summed E-state index contributed by atoms with van der Waals surface area (Å²) in [6.07, 6.45) is 3.11. The van der Waals surface area contributed by atoms with Gasteiger partial charge in [-0.15, -0.1) is 0 Å². The van der Waals surface area contributed by atoms with Crippen molar-refractivity contribution in [2.45, 2.75) is 6.54 Å². The molecule has 0 saturated heterocycles. The number of hydrogen-bond donors (Lipinski definition) is 3. The first-order valence-electron chi connectivity index (χ1n) is 11.7. The maximum atomic E-state index is 13.3. The second-order valence-corrected chi connectivity index (χ2v) is 9.51. The average Bonchev–Trinajstić information content (AvgIpc) is 3.25. The lowest BCUT2D eigenvalue weighted by molar-refractivity contribution is 0.0776. The van der Waals surface area contributed by atoms with Crippen molar-refractivity contribution in [1.82, 2.24) is 24.8 Å². The van der Waals surface area contributed by atoms with Gasteiger partial charge in [0, 0.05) is 38.4 Å². The first kappa shape index (κ1) is 26.2. The van der Waals surface area contributed by atoms with E-state index in [1.165, 1.54) is 11.9 Å². The first-order chi connectivity index (χ1) is 17.8. The molecule has 0 atom stereocenters. The zero-order valence-corrected chi connectivity index (χ0v) is 22.7. The molecule has 0 spiro atoms. The van der Waals surface area contributed by atoms with E-state index in [0.717, 1.165) is 18.7 Å². The fraction of sp³-hybridized carbons (Fsp3) is 0.222. The van der Waals surface area contributed by atoms with Crippen LogP contribution in [0.4, 0.5) is 17.2 Å². The molecule has 0 unspecified atom stereocenters. The normalized spacial score (nSPS) is 11.1. The molecule has 4 aromatic rings. The number of anilines is 3. The number of rotatable bonds is 10. The van der Waals surface area contributed by atoms with E-state index in [2.05, 4.69) is 59.8 Å². The van der Waals surface area contributed by atoms with Crippen molar-refractivity contribution in [2.24, 2.45) is 0 Å². The highest BCUT2D eigenvalue weighted by Crippen LogP contribution is 2.37. The predicted molar refractivity (Wildman–Crippen MR) is 152 cm³/mol. The number of ether oxygens (including phenoxy) is 1. The van der Waals surface area contributed by atoms with Crippen LogP contribution in [-0.4, -0.2) is 65.0 Å². The fourth-order valence-corrected chi connectivity index (χ4v) is 4.64. The number of aromatic amines is 1. The molecule has 9 nitrogen and oxygen atoms in total. The van der Waals surface area contributed by atoms with E-state index in [4.69, 9.17) is 10.5 Å². The molecule has 4 N–H and O–H groups in total. The first-order valence-corrected chi connectivity index (χ1v) is 12.5. The van der Waals surface area contributed by atoms with Crippen LogP contribution in [0.2, 0.25) is 0 Å². The Balaban J connectivity index is 1.54. The maximum absolute atomic E-state index is 13.3. The zero-order valence-electron chi connectivity index (χ0n) is 21.1. The van der Waals surface area contributed by atoms with Crippen LogP contribution in [0.1, 0.15) is 21.6 Å². The second kappa shape index (κ2) is 11.4. The highest BCUT2D eigenvalue weighted by atomic mass is 79.9. The Hall–Kier alpha value is -3.89. The second-order valence-electron chi connectivity index (χ2n) is 8.72. The van der Waals surface area contributed by atoms with Crippen LogP contribution < -0.4 is 15.8 Å². The van der Waals surface area contributed by atoms with E-state index in [9.17, 15) is 4.79 Å². The van der Waals surface area contributed by atoms with Gasteiger partial charge in [0.05, 0.1) is 22.7 Å². The maximum Gasteiger partial charge on any atom is 0.271 e. The van der Waals surface area contributed by atoms with Gasteiger partial charge < -0.3 is 30.6 Å². The molecule has 0 aliphatic rings. The molecule has 192 valence electrons. The van der Waals surface area contributed by atoms with Crippen molar-refractivity contribution in [2.75, 3.05) is 45.3 Å². The van der Waals surface area contributed by atoms with Crippen LogP contribution in [0.3, 0.4) is 0 Å². The smallest absolute Gasteiger partial charge is 0.271 e. The third-order valence-corrected chi connectivity index (χ3v) is 6.87. The number of nitrogen functional groups attached to an aromatic ring is 1. The number of nitrogens with one attached hydrogen (secondary N) is 2. The number of methoxy groups -OCH3 is 1. The van der Waals surface area contributed by atoms with Crippen molar-refractivity contribution in [3.8, 4) is 5.75 Å². The van der Waals surface area contributed by atoms with Gasteiger partial charge in [-0.2, -0.15) is 0 Å². The third-order valence-electron chi connectivity index (χ3n) is 6.08. The number of nitrogens with zero attached hydrogens (tertiary/aromatic N) is 4. The Morgan fingerprint density at radius 3 is 2.68 bits per heavy atom. The van der Waals surface area contributed by atoms with E-state index in [1.807, 2.05) is 31.3 Å². The number of fused-ring (bicyclic) bond motifs is 1. The number of carbonyl (C=O) groups is 1. The summed E-state index contributed by atoms with van der Waals surface area (Å²) in [5, 5.41) is 3.95. The molecule has 2 aromatic carbocycles. The summed E-state index contributed by atoms with van der Waals surface area (Å²) in [5.41, 5.74) is 10.2. The number of hydrogen-bond acceptors (Lipinski definition) is 7. The number of carbonyl (C=O) groups excluding carboxylic acids is 1. The Kier molecular flexibility index (Phi) is 8.10. The molecule has 0 aliphatic carbocycles. The molecule has 10 heteroatoms. The average molecular weight is 564 g/mol. The zero-order chi connectivity index (χ0) is 26.5. The topological polar surface area (TPSA) is 112 Å². The Morgan fingerprint density at radius 2 is 1.97 bits per heavy atom. The molecule has 2 heterocycles. The van der Waals surface area contributed by atoms with Crippen LogP contribution >= 0.6 is 15.9 Å². The molecule has 37 heavy (non-hydrogen) atoms. The van der Waals surface area contributed by atoms with Gasteiger partial charge in [-0.05, 0) is 40.2 Å². The molecule has 1 amide bonds. The van der Waals surface area contributed by atoms with Crippen LogP contribution in [0.5, 0.6) is 5.75 Å². The number of halogens is 1. The van der Waals surface area contributed by atoms with Crippen LogP contribution in [0.25, 0.3) is 17.1 Å². The molecule has 2 aromatic heterocycles. The predicted octanol–water partition coefficient (Wildman–Crippen LogP) is 4.90. The van der Waals surface area contributed by atoms with Crippen molar-refractivity contribution >= 4 is 56.1 Å². The van der Waals surface area contributed by atoms with E-state index >= 15 is 0 Å². The van der Waals surface area contributed by atoms with E-state index in [1.54, 1.807) is 31.2 Å². The third kappa shape index (κ3) is 5.76. The molecular weight excluding hydrogens is 534 g/mol. The van der Waals surface area contributed by atoms with Gasteiger partial charge in [0.25, 0.3) is 5.91 Å². The lowest BCUT2D eigenvalue weighted by atomic mass is 10.1. The Bertz CT molecular complexity index is 1420. The van der Waals surface area contributed by atoms with E-state index < -0.39 is 0 Å². The monoisotopic (exact) mass is 563 g/mol. The minimum absolute atomic E-state index is 0.150. The lowest BCUT2D eigenvalue weighted by Gasteiger charge is -2.22. The minimum Gasteiger partial charge on any atom is -0.494 e. The van der Waals surface area contributed by atoms with Gasteiger partial charge in [-0.1, -0.05) is 43.0 Å². The van der Waals surface area contributed by atoms with Gasteiger partial charge in [-0.25, -0.2) is 9.97 Å². The minimum atomic E-state index is -0.150. The van der Waals surface area contributed by atoms with Crippen LogP contribution in [-0.2, 0) is 6.54 Å². The van der Waals surface area contributed by atoms with E-state index in [-0.39, 0.29) is 5.91 Å². The summed E-state index contributed by atoms with van der Waals surface area (Å²) < 4.78 is 6.08. The summed E-state index contributed by atoms with van der Waals surface area (Å²) in [6, 6.07) is 13.8. The Labute approximate surface area is 224 Å². The molecule has 4 rings (SSSR count). The highest BCUT2D eigenvalue weighted by molar-refractivity contribution is 9.10. The largest absolute Gasteiger partial charge is 0.494 e. The summed E-state index contributed by atoms with van der Waals surface area (Å²) in [6.45, 7) is 5.91. The van der Waals surface area contributed by atoms with Gasteiger partial charge in [0.2, 0.25) is 0 Å². The number of amides is 1. The molecule has 0 bridgehead atoms. The van der Waals surface area contributed by atoms with Gasteiger partial charge >= 0.3 is 0 Å². The summed E-state index contributed by atoms with van der Waals surface area (Å²) >= 11 is 3.61. The summed E-state index contributed by atoms with van der Waals surface area (Å²) in [4.78, 5) is 29.1. The van der Waals surface area contributed by atoms with Crippen molar-refractivity contribution in [1.29, 1.82) is 0 Å². The number of H-pyrrole nitrogens is 1. The SMILES string of the molecule is C=Cc1cc(Nc2ncnc3[nH]c(C(=O)N(C)CCN(C)Cc4ccccc4)c(Br)c23)c(OC)cc1N. The van der Waals surface area contributed by atoms with Crippen LogP contribution in [0.15, 0.2) is 59.8 Å². The van der Waals surface area contributed by atoms with Gasteiger partial charge in [0.15, 0.2) is 0 Å². The summed E-state index contributed by atoms with van der Waals surface area (Å²) in [7, 11) is 5.40. The molecule has 0 aliphatic heterocycles. The van der Waals surface area contributed by atoms with Crippen molar-refractivity contribution in [3.63, 3.8) is 0 Å². The number of likely N-dealkylation sites (N-methyl/N-ethyl adjacent to an activating group) is 2. The number of aromatic nitrogens is 3. The number of benzene rings is 2. The van der Waals surface area contributed by atoms with Crippen molar-refractivity contribution < 1.29 is 9.53 Å². The molecule has 0 saturated carbocycles. The van der Waals surface area contributed by atoms with E-state index in [0.29, 0.717) is 50.7 Å². The summed E-state index contributed by atoms with van der Waals surface area (Å²) in [5.74, 6) is 0.913. The fourth-order valence-electron chi connectivity index (χ4n) is 4.00. The number of nitrogens with two attached hydrogens (primary N) is 1. The molecule has 0 fully saturated rings. The van der Waals surface area contributed by atoms with Crippen LogP contribution in [0, 0.1) is 0 Å². The molecule has 0 radical (unpaired) electrons. The lowest BCUT2D eigenvalue weighted by Crippen LogP contribution is -2.34. The highest BCUT2D eigenvalue weighted by Gasteiger charge is 2.23. The quantitative estimate of drug-likeness (QED) is 0.235. The van der Waals surface area contributed by atoms with Gasteiger partial charge in [-0.3, -0.25) is 4.79 Å². The standard InChI is InChI=1S/C27H30BrN7O2/c1-5-18-13-20(21(37-4)14-19(18)29)32-25-22-23(28)24(33-26(22)31-16-30-25)27(36)35(3)12-11-34(2)15-17-9-7-6-8-10-17/h5-10,13-14,16H,1,11-12,15,29H2,2-4H3,(H2,30,31,32,33). The Morgan fingerprint density at radius 1 is 1.22 bits per heavy atom. The molecular formula is C27H30BrN7O2. The van der Waals surface area contributed by atoms with Crippen molar-refractivity contribution in [3.05, 3.63) is 76.7 Å².